The zero-order valence-electron chi connectivity index (χ0n) is 10.6. The van der Waals surface area contributed by atoms with Gasteiger partial charge in [-0.15, -0.1) is 0 Å². The SMILES string of the molecule is CCc1c[nH]n2c(=O)cc(C3CCNCC3)nc12. The first-order valence-electron chi connectivity index (χ1n) is 6.60. The highest BCUT2D eigenvalue weighted by molar-refractivity contribution is 5.46. The topological polar surface area (TPSA) is 62.2 Å². The van der Waals surface area contributed by atoms with E-state index in [0.717, 1.165) is 49.3 Å². The molecule has 96 valence electrons. The number of aryl methyl sites for hydroxylation is 1. The zero-order valence-corrected chi connectivity index (χ0v) is 10.6. The van der Waals surface area contributed by atoms with Crippen molar-refractivity contribution in [1.29, 1.82) is 0 Å². The molecule has 0 bridgehead atoms. The van der Waals surface area contributed by atoms with E-state index >= 15 is 0 Å². The van der Waals surface area contributed by atoms with E-state index < -0.39 is 0 Å². The molecular formula is C13H18N4O. The van der Waals surface area contributed by atoms with Crippen molar-refractivity contribution in [3.63, 3.8) is 0 Å². The molecule has 1 saturated heterocycles. The molecule has 3 heterocycles. The van der Waals surface area contributed by atoms with Crippen LogP contribution >= 0.6 is 0 Å². The Kier molecular flexibility index (Phi) is 2.91. The first-order valence-corrected chi connectivity index (χ1v) is 6.60. The molecule has 2 aromatic heterocycles. The largest absolute Gasteiger partial charge is 0.317 e. The second kappa shape index (κ2) is 4.57. The van der Waals surface area contributed by atoms with Crippen molar-refractivity contribution >= 4 is 5.65 Å². The molecular weight excluding hydrogens is 228 g/mol. The molecule has 5 heteroatoms. The average molecular weight is 246 g/mol. The molecule has 0 saturated carbocycles. The third-order valence-corrected chi connectivity index (χ3v) is 3.73. The van der Waals surface area contributed by atoms with Crippen molar-refractivity contribution in [2.75, 3.05) is 13.1 Å². The fraction of sp³-hybridized carbons (Fsp3) is 0.538. The molecule has 2 aromatic rings. The van der Waals surface area contributed by atoms with Crippen molar-refractivity contribution < 1.29 is 0 Å². The summed E-state index contributed by atoms with van der Waals surface area (Å²) in [6, 6.07) is 1.68. The van der Waals surface area contributed by atoms with E-state index in [4.69, 9.17) is 4.98 Å². The van der Waals surface area contributed by atoms with Crippen LogP contribution in [0.3, 0.4) is 0 Å². The number of piperidine rings is 1. The molecule has 5 nitrogen and oxygen atoms in total. The number of nitrogens with zero attached hydrogens (tertiary/aromatic N) is 2. The molecule has 0 amide bonds. The lowest BCUT2D eigenvalue weighted by Gasteiger charge is -2.21. The lowest BCUT2D eigenvalue weighted by atomic mass is 9.94. The fourth-order valence-electron chi connectivity index (χ4n) is 2.63. The Morgan fingerprint density at radius 1 is 1.44 bits per heavy atom. The third kappa shape index (κ3) is 1.84. The first kappa shape index (κ1) is 11.5. The monoisotopic (exact) mass is 246 g/mol. The van der Waals surface area contributed by atoms with Crippen LogP contribution in [0.4, 0.5) is 0 Å². The summed E-state index contributed by atoms with van der Waals surface area (Å²) < 4.78 is 1.53. The number of hydrogen-bond donors (Lipinski definition) is 2. The molecule has 0 aliphatic carbocycles. The van der Waals surface area contributed by atoms with Gasteiger partial charge < -0.3 is 5.32 Å². The van der Waals surface area contributed by atoms with Gasteiger partial charge in [0.2, 0.25) is 0 Å². The highest BCUT2D eigenvalue weighted by Crippen LogP contribution is 2.23. The van der Waals surface area contributed by atoms with Crippen LogP contribution in [0.5, 0.6) is 0 Å². The van der Waals surface area contributed by atoms with Crippen LogP contribution in [0.1, 0.15) is 36.9 Å². The number of hydrogen-bond acceptors (Lipinski definition) is 3. The number of H-pyrrole nitrogens is 1. The maximum atomic E-state index is 12.0. The summed E-state index contributed by atoms with van der Waals surface area (Å²) in [6.45, 7) is 4.10. The zero-order chi connectivity index (χ0) is 12.5. The molecule has 1 aliphatic heterocycles. The van der Waals surface area contributed by atoms with Crippen molar-refractivity contribution in [1.82, 2.24) is 19.9 Å². The van der Waals surface area contributed by atoms with Gasteiger partial charge >= 0.3 is 0 Å². The molecule has 1 aliphatic rings. The second-order valence-electron chi connectivity index (χ2n) is 4.85. The number of rotatable bonds is 2. The number of fused-ring (bicyclic) bond motifs is 1. The normalized spacial score (nSPS) is 17.4. The molecule has 3 rings (SSSR count). The summed E-state index contributed by atoms with van der Waals surface area (Å²) in [7, 11) is 0. The standard InChI is InChI=1S/C13H18N4O/c1-2-9-8-15-17-12(18)7-11(16-13(9)17)10-3-5-14-6-4-10/h7-8,10,14-15H,2-6H2,1H3. The molecule has 0 atom stereocenters. The van der Waals surface area contributed by atoms with Gasteiger partial charge in [0.15, 0.2) is 5.65 Å². The molecule has 2 N–H and O–H groups in total. The van der Waals surface area contributed by atoms with Crippen LogP contribution in [-0.4, -0.2) is 27.7 Å². The van der Waals surface area contributed by atoms with Gasteiger partial charge in [0.05, 0.1) is 5.69 Å². The van der Waals surface area contributed by atoms with Crippen LogP contribution < -0.4 is 10.9 Å². The van der Waals surface area contributed by atoms with Crippen molar-refractivity contribution in [2.24, 2.45) is 0 Å². The van der Waals surface area contributed by atoms with Crippen molar-refractivity contribution in [3.05, 3.63) is 33.9 Å². The summed E-state index contributed by atoms with van der Waals surface area (Å²) in [6.07, 6.45) is 4.88. The van der Waals surface area contributed by atoms with E-state index in [1.165, 1.54) is 4.52 Å². The Morgan fingerprint density at radius 3 is 2.94 bits per heavy atom. The Balaban J connectivity index is 2.09. The molecule has 0 aromatic carbocycles. The Labute approximate surface area is 105 Å². The predicted octanol–water partition coefficient (Wildman–Crippen LogP) is 1.05. The second-order valence-corrected chi connectivity index (χ2v) is 4.85. The smallest absolute Gasteiger partial charge is 0.272 e. The minimum absolute atomic E-state index is 0.00627. The summed E-state index contributed by atoms with van der Waals surface area (Å²) in [5, 5.41) is 6.30. The van der Waals surface area contributed by atoms with E-state index in [0.29, 0.717) is 5.92 Å². The van der Waals surface area contributed by atoms with Gasteiger partial charge in [-0.05, 0) is 32.4 Å². The van der Waals surface area contributed by atoms with Crippen LogP contribution in [-0.2, 0) is 6.42 Å². The number of aromatic nitrogens is 3. The van der Waals surface area contributed by atoms with Gasteiger partial charge in [-0.1, -0.05) is 6.92 Å². The van der Waals surface area contributed by atoms with Crippen molar-refractivity contribution in [3.8, 4) is 0 Å². The van der Waals surface area contributed by atoms with Gasteiger partial charge in [0.25, 0.3) is 5.56 Å². The minimum Gasteiger partial charge on any atom is -0.317 e. The van der Waals surface area contributed by atoms with E-state index in [1.54, 1.807) is 6.07 Å². The van der Waals surface area contributed by atoms with E-state index in [-0.39, 0.29) is 5.56 Å². The molecule has 1 fully saturated rings. The fourth-order valence-corrected chi connectivity index (χ4v) is 2.63. The maximum Gasteiger partial charge on any atom is 0.272 e. The maximum absolute atomic E-state index is 12.0. The number of nitrogens with one attached hydrogen (secondary N) is 2. The average Bonchev–Trinajstić information content (AvgIpc) is 2.83. The van der Waals surface area contributed by atoms with Gasteiger partial charge in [-0.25, -0.2) is 9.50 Å². The van der Waals surface area contributed by atoms with Gasteiger partial charge in [-0.3, -0.25) is 9.89 Å². The summed E-state index contributed by atoms with van der Waals surface area (Å²) >= 11 is 0. The van der Waals surface area contributed by atoms with Gasteiger partial charge in [0, 0.05) is 23.7 Å². The number of aromatic amines is 1. The van der Waals surface area contributed by atoms with Crippen LogP contribution in [0.15, 0.2) is 17.1 Å². The first-order chi connectivity index (χ1) is 8.79. The lowest BCUT2D eigenvalue weighted by molar-refractivity contribution is 0.453. The highest BCUT2D eigenvalue weighted by atomic mass is 16.1. The Bertz CT molecular complexity index is 607. The van der Waals surface area contributed by atoms with Crippen LogP contribution in [0.2, 0.25) is 0 Å². The predicted molar refractivity (Wildman–Crippen MR) is 70.0 cm³/mol. The summed E-state index contributed by atoms with van der Waals surface area (Å²) in [4.78, 5) is 16.7. The molecule has 0 spiro atoms. The Morgan fingerprint density at radius 2 is 2.22 bits per heavy atom. The van der Waals surface area contributed by atoms with Crippen LogP contribution in [0, 0.1) is 0 Å². The molecule has 0 unspecified atom stereocenters. The van der Waals surface area contributed by atoms with Crippen molar-refractivity contribution in [2.45, 2.75) is 32.1 Å². The van der Waals surface area contributed by atoms with Crippen LogP contribution in [0.25, 0.3) is 5.65 Å². The van der Waals surface area contributed by atoms with E-state index in [9.17, 15) is 4.79 Å². The Hall–Kier alpha value is -1.62. The van der Waals surface area contributed by atoms with E-state index in [2.05, 4.69) is 17.3 Å². The summed E-state index contributed by atoms with van der Waals surface area (Å²) in [5.41, 5.74) is 2.84. The highest BCUT2D eigenvalue weighted by Gasteiger charge is 2.18. The van der Waals surface area contributed by atoms with E-state index in [1.807, 2.05) is 6.20 Å². The quantitative estimate of drug-likeness (QED) is 0.832. The van der Waals surface area contributed by atoms with Gasteiger partial charge in [-0.2, -0.15) is 0 Å². The van der Waals surface area contributed by atoms with Gasteiger partial charge in [0.1, 0.15) is 0 Å². The third-order valence-electron chi connectivity index (χ3n) is 3.73. The molecule has 0 radical (unpaired) electrons. The minimum atomic E-state index is -0.00627. The lowest BCUT2D eigenvalue weighted by Crippen LogP contribution is -2.28. The molecule has 18 heavy (non-hydrogen) atoms. The summed E-state index contributed by atoms with van der Waals surface area (Å²) in [5.74, 6) is 0.420.